The fraction of sp³-hybridized carbons (Fsp3) is 0.609. The summed E-state index contributed by atoms with van der Waals surface area (Å²) in [4.78, 5) is 43.2. The molecular weight excluding hydrogens is 399 g/mol. The van der Waals surface area contributed by atoms with E-state index in [1.807, 2.05) is 16.7 Å². The summed E-state index contributed by atoms with van der Waals surface area (Å²) < 4.78 is 13.0. The topological polar surface area (TPSA) is 73.0 Å². The van der Waals surface area contributed by atoms with Crippen LogP contribution in [0.4, 0.5) is 9.18 Å². The summed E-state index contributed by atoms with van der Waals surface area (Å²) in [5.41, 5.74) is 0.718. The minimum Gasteiger partial charge on any atom is -0.342 e. The van der Waals surface area contributed by atoms with Gasteiger partial charge in [-0.3, -0.25) is 9.59 Å². The summed E-state index contributed by atoms with van der Waals surface area (Å²) in [5.74, 6) is -0.0447. The zero-order valence-electron chi connectivity index (χ0n) is 18.3. The average molecular weight is 431 g/mol. The zero-order chi connectivity index (χ0) is 22.2. The van der Waals surface area contributed by atoms with Crippen LogP contribution in [-0.2, 0) is 16.0 Å². The molecule has 4 rings (SSSR count). The van der Waals surface area contributed by atoms with Gasteiger partial charge >= 0.3 is 6.03 Å². The smallest absolute Gasteiger partial charge is 0.317 e. The molecule has 1 aromatic rings. The first kappa shape index (κ1) is 21.6. The molecule has 31 heavy (non-hydrogen) atoms. The van der Waals surface area contributed by atoms with Gasteiger partial charge in [-0.25, -0.2) is 9.18 Å². The maximum atomic E-state index is 13.0. The van der Waals surface area contributed by atoms with Crippen molar-refractivity contribution in [2.24, 2.45) is 11.8 Å². The standard InChI is InChI=1S/C23H31FN4O3/c1-3-28-21(30)19-14-27(16(2)29)15-20(19)23(28)9-12-26(13-10-23)22(31)25-11-8-17-4-6-18(24)7-5-17/h4-7,19-20H,3,8-15H2,1-2H3,(H,25,31)/t19-,20+/m0/s1. The van der Waals surface area contributed by atoms with E-state index in [1.54, 1.807) is 24.0 Å². The Kier molecular flexibility index (Phi) is 5.90. The van der Waals surface area contributed by atoms with Crippen LogP contribution in [0.3, 0.4) is 0 Å². The first-order valence-electron chi connectivity index (χ1n) is 11.2. The van der Waals surface area contributed by atoms with Gasteiger partial charge in [0, 0.05) is 52.1 Å². The molecule has 2 atom stereocenters. The Morgan fingerprint density at radius 2 is 1.81 bits per heavy atom. The highest BCUT2D eigenvalue weighted by Gasteiger charge is 2.61. The van der Waals surface area contributed by atoms with Crippen LogP contribution in [-0.4, -0.2) is 77.4 Å². The fourth-order valence-electron chi connectivity index (χ4n) is 5.76. The highest BCUT2D eigenvalue weighted by molar-refractivity contribution is 5.85. The Morgan fingerprint density at radius 3 is 2.42 bits per heavy atom. The Labute approximate surface area is 182 Å². The molecule has 1 N–H and O–H groups in total. The maximum Gasteiger partial charge on any atom is 0.317 e. The van der Waals surface area contributed by atoms with E-state index in [2.05, 4.69) is 5.32 Å². The van der Waals surface area contributed by atoms with Crippen molar-refractivity contribution in [3.05, 3.63) is 35.6 Å². The molecule has 7 nitrogen and oxygen atoms in total. The number of benzene rings is 1. The molecule has 1 spiro atoms. The van der Waals surface area contributed by atoms with Crippen molar-refractivity contribution in [1.29, 1.82) is 0 Å². The number of halogens is 1. The van der Waals surface area contributed by atoms with Crippen molar-refractivity contribution >= 4 is 17.8 Å². The molecule has 0 radical (unpaired) electrons. The number of fused-ring (bicyclic) bond motifs is 2. The monoisotopic (exact) mass is 430 g/mol. The Hall–Kier alpha value is -2.64. The molecule has 1 aromatic carbocycles. The van der Waals surface area contributed by atoms with Gasteiger partial charge in [-0.2, -0.15) is 0 Å². The molecular formula is C23H31FN4O3. The van der Waals surface area contributed by atoms with Crippen LogP contribution in [0.1, 0.15) is 32.3 Å². The van der Waals surface area contributed by atoms with Gasteiger partial charge in [0.2, 0.25) is 11.8 Å². The van der Waals surface area contributed by atoms with E-state index in [0.717, 1.165) is 18.4 Å². The summed E-state index contributed by atoms with van der Waals surface area (Å²) in [7, 11) is 0. The predicted octanol–water partition coefficient (Wildman–Crippen LogP) is 1.87. The third-order valence-electron chi connectivity index (χ3n) is 7.41. The second-order valence-electron chi connectivity index (χ2n) is 8.92. The second-order valence-corrected chi connectivity index (χ2v) is 8.92. The Bertz CT molecular complexity index is 851. The number of carbonyl (C=O) groups is 3. The van der Waals surface area contributed by atoms with E-state index in [4.69, 9.17) is 0 Å². The van der Waals surface area contributed by atoms with E-state index in [1.165, 1.54) is 12.1 Å². The molecule has 0 unspecified atom stereocenters. The second kappa shape index (κ2) is 8.48. The van der Waals surface area contributed by atoms with Crippen LogP contribution in [0, 0.1) is 17.7 Å². The molecule has 4 amide bonds. The third kappa shape index (κ3) is 3.88. The largest absolute Gasteiger partial charge is 0.342 e. The summed E-state index contributed by atoms with van der Waals surface area (Å²) >= 11 is 0. The number of likely N-dealkylation sites (tertiary alicyclic amines) is 3. The molecule has 0 bridgehead atoms. The van der Waals surface area contributed by atoms with Crippen molar-refractivity contribution in [2.75, 3.05) is 39.3 Å². The Balaban J connectivity index is 1.35. The number of hydrogen-bond donors (Lipinski definition) is 1. The summed E-state index contributed by atoms with van der Waals surface area (Å²) in [6.45, 7) is 7.06. The van der Waals surface area contributed by atoms with Crippen LogP contribution in [0.15, 0.2) is 24.3 Å². The highest BCUT2D eigenvalue weighted by Crippen LogP contribution is 2.49. The van der Waals surface area contributed by atoms with Gasteiger partial charge in [0.1, 0.15) is 5.82 Å². The summed E-state index contributed by atoms with van der Waals surface area (Å²) in [6.07, 6.45) is 2.13. The molecule has 3 heterocycles. The molecule has 0 aromatic heterocycles. The van der Waals surface area contributed by atoms with Crippen molar-refractivity contribution in [3.8, 4) is 0 Å². The van der Waals surface area contributed by atoms with Crippen LogP contribution < -0.4 is 5.32 Å². The molecule has 168 valence electrons. The summed E-state index contributed by atoms with van der Waals surface area (Å²) in [6, 6.07) is 6.20. The van der Waals surface area contributed by atoms with Gasteiger partial charge in [0.05, 0.1) is 11.5 Å². The van der Waals surface area contributed by atoms with Crippen molar-refractivity contribution < 1.29 is 18.8 Å². The van der Waals surface area contributed by atoms with E-state index in [-0.39, 0.29) is 41.0 Å². The third-order valence-corrected chi connectivity index (χ3v) is 7.41. The maximum absolute atomic E-state index is 13.0. The number of amides is 4. The number of rotatable bonds is 4. The van der Waals surface area contributed by atoms with Crippen molar-refractivity contribution in [1.82, 2.24) is 20.0 Å². The van der Waals surface area contributed by atoms with E-state index < -0.39 is 0 Å². The van der Waals surface area contributed by atoms with Crippen LogP contribution in [0.5, 0.6) is 0 Å². The van der Waals surface area contributed by atoms with Gasteiger partial charge in [-0.1, -0.05) is 12.1 Å². The Morgan fingerprint density at radius 1 is 1.13 bits per heavy atom. The molecule has 0 saturated carbocycles. The quantitative estimate of drug-likeness (QED) is 0.793. The van der Waals surface area contributed by atoms with Gasteiger partial charge in [-0.15, -0.1) is 0 Å². The van der Waals surface area contributed by atoms with Crippen LogP contribution in [0.25, 0.3) is 0 Å². The van der Waals surface area contributed by atoms with E-state index in [9.17, 15) is 18.8 Å². The molecule has 3 saturated heterocycles. The van der Waals surface area contributed by atoms with Crippen LogP contribution in [0.2, 0.25) is 0 Å². The number of carbonyl (C=O) groups excluding carboxylic acids is 3. The minimum absolute atomic E-state index is 0.0263. The normalized spacial score (nSPS) is 24.6. The molecule has 3 fully saturated rings. The summed E-state index contributed by atoms with van der Waals surface area (Å²) in [5, 5.41) is 2.96. The number of piperidine rings is 1. The zero-order valence-corrected chi connectivity index (χ0v) is 18.3. The predicted molar refractivity (Wildman–Crippen MR) is 114 cm³/mol. The molecule has 8 heteroatoms. The first-order chi connectivity index (χ1) is 14.9. The number of nitrogens with one attached hydrogen (secondary N) is 1. The lowest BCUT2D eigenvalue weighted by molar-refractivity contribution is -0.136. The fourth-order valence-corrected chi connectivity index (χ4v) is 5.76. The van der Waals surface area contributed by atoms with Gasteiger partial charge in [0.15, 0.2) is 0 Å². The van der Waals surface area contributed by atoms with Crippen molar-refractivity contribution in [3.63, 3.8) is 0 Å². The minimum atomic E-state index is -0.266. The van der Waals surface area contributed by atoms with Gasteiger partial charge in [-0.05, 0) is 43.9 Å². The number of urea groups is 1. The van der Waals surface area contributed by atoms with Gasteiger partial charge < -0.3 is 20.0 Å². The molecule has 3 aliphatic rings. The highest BCUT2D eigenvalue weighted by atomic mass is 19.1. The first-order valence-corrected chi connectivity index (χ1v) is 11.2. The lowest BCUT2D eigenvalue weighted by Crippen LogP contribution is -2.59. The molecule has 0 aliphatic carbocycles. The number of nitrogens with zero attached hydrogens (tertiary/aromatic N) is 3. The lowest BCUT2D eigenvalue weighted by Gasteiger charge is -2.47. The lowest BCUT2D eigenvalue weighted by atomic mass is 9.75. The van der Waals surface area contributed by atoms with Gasteiger partial charge in [0.25, 0.3) is 0 Å². The molecule has 3 aliphatic heterocycles. The van der Waals surface area contributed by atoms with E-state index >= 15 is 0 Å². The van der Waals surface area contributed by atoms with Crippen molar-refractivity contribution in [2.45, 2.75) is 38.6 Å². The van der Waals surface area contributed by atoms with Crippen LogP contribution >= 0.6 is 0 Å². The van der Waals surface area contributed by atoms with E-state index in [0.29, 0.717) is 45.7 Å². The number of hydrogen-bond acceptors (Lipinski definition) is 3. The average Bonchev–Trinajstić information content (AvgIpc) is 3.29. The SMILES string of the molecule is CCN1C(=O)[C@H]2CN(C(C)=O)C[C@H]2C12CCN(C(=O)NCCc1ccc(F)cc1)CC2.